The summed E-state index contributed by atoms with van der Waals surface area (Å²) in [5, 5.41) is 0. The number of hydrogen-bond donors (Lipinski definition) is 1. The highest BCUT2D eigenvalue weighted by molar-refractivity contribution is 7.86. The molecular formula is C31H66FNO3S. The first-order valence-corrected chi connectivity index (χ1v) is 17.6. The highest BCUT2D eigenvalue weighted by Crippen LogP contribution is 2.15. The van der Waals surface area contributed by atoms with E-state index in [2.05, 4.69) is 6.92 Å². The van der Waals surface area contributed by atoms with Gasteiger partial charge in [-0.25, -0.2) is 0 Å². The average Bonchev–Trinajstić information content (AvgIpc) is 2.86. The van der Waals surface area contributed by atoms with Crippen molar-refractivity contribution in [3.8, 4) is 0 Å². The molecule has 0 aliphatic carbocycles. The second kappa shape index (κ2) is 32.0. The molecule has 4 nitrogen and oxygen atoms in total. The normalized spacial score (nSPS) is 11.6. The predicted molar refractivity (Wildman–Crippen MR) is 161 cm³/mol. The quantitative estimate of drug-likeness (QED) is 0.0686. The molecule has 6 heteroatoms. The molecule has 0 aliphatic rings. The Labute approximate surface area is 232 Å². The first-order chi connectivity index (χ1) is 17.6. The summed E-state index contributed by atoms with van der Waals surface area (Å²) in [5.74, 6) is 0.155. The van der Waals surface area contributed by atoms with Gasteiger partial charge >= 0.3 is 0 Å². The SMILES string of the molecule is CCCCCCCCCCCCCCCCCCCCOS(=O)(=O)CCCCCCCCCCCF.N. The van der Waals surface area contributed by atoms with Crippen LogP contribution >= 0.6 is 0 Å². The zero-order valence-electron chi connectivity index (χ0n) is 24.9. The molecule has 0 fully saturated rings. The van der Waals surface area contributed by atoms with E-state index in [0.29, 0.717) is 19.4 Å². The Morgan fingerprint density at radius 1 is 0.459 bits per heavy atom. The molecule has 0 amide bonds. The van der Waals surface area contributed by atoms with Crippen LogP contribution in [0.4, 0.5) is 4.39 Å². The van der Waals surface area contributed by atoms with Crippen molar-refractivity contribution in [3.63, 3.8) is 0 Å². The third-order valence-electron chi connectivity index (χ3n) is 7.29. The Morgan fingerprint density at radius 2 is 0.757 bits per heavy atom. The van der Waals surface area contributed by atoms with E-state index in [0.717, 1.165) is 44.9 Å². The highest BCUT2D eigenvalue weighted by Gasteiger charge is 2.10. The van der Waals surface area contributed by atoms with Gasteiger partial charge in [0, 0.05) is 0 Å². The van der Waals surface area contributed by atoms with Crippen LogP contribution in [0.15, 0.2) is 0 Å². The molecular weight excluding hydrogens is 485 g/mol. The van der Waals surface area contributed by atoms with Crippen LogP contribution in [0.5, 0.6) is 0 Å². The molecule has 0 saturated heterocycles. The van der Waals surface area contributed by atoms with Gasteiger partial charge in [0.05, 0.1) is 19.0 Å². The fourth-order valence-corrected chi connectivity index (χ4v) is 5.91. The monoisotopic (exact) mass is 551 g/mol. The van der Waals surface area contributed by atoms with Gasteiger partial charge in [-0.2, -0.15) is 8.42 Å². The van der Waals surface area contributed by atoms with E-state index in [1.165, 1.54) is 116 Å². The number of hydrogen-bond acceptors (Lipinski definition) is 4. The van der Waals surface area contributed by atoms with Crippen molar-refractivity contribution < 1.29 is 17.0 Å². The summed E-state index contributed by atoms with van der Waals surface area (Å²) in [7, 11) is -3.35. The average molecular weight is 552 g/mol. The molecule has 0 saturated carbocycles. The molecule has 0 rings (SSSR count). The first kappa shape index (κ1) is 38.9. The molecule has 0 atom stereocenters. The van der Waals surface area contributed by atoms with Crippen LogP contribution in [0, 0.1) is 0 Å². The lowest BCUT2D eigenvalue weighted by atomic mass is 10.0. The fraction of sp³-hybridized carbons (Fsp3) is 1.00. The lowest BCUT2D eigenvalue weighted by Gasteiger charge is -2.06. The van der Waals surface area contributed by atoms with E-state index in [4.69, 9.17) is 4.18 Å². The summed E-state index contributed by atoms with van der Waals surface area (Å²) >= 11 is 0. The first-order valence-electron chi connectivity index (χ1n) is 16.1. The maximum absolute atomic E-state index is 12.0. The zero-order chi connectivity index (χ0) is 26.4. The van der Waals surface area contributed by atoms with Crippen LogP contribution in [0.25, 0.3) is 0 Å². The smallest absolute Gasteiger partial charge is 0.267 e. The molecule has 226 valence electrons. The van der Waals surface area contributed by atoms with E-state index >= 15 is 0 Å². The second-order valence-corrected chi connectivity index (χ2v) is 12.7. The molecule has 0 aromatic heterocycles. The lowest BCUT2D eigenvalue weighted by Crippen LogP contribution is -2.11. The van der Waals surface area contributed by atoms with Gasteiger partial charge in [-0.15, -0.1) is 0 Å². The van der Waals surface area contributed by atoms with Gasteiger partial charge in [-0.1, -0.05) is 161 Å². The summed E-state index contributed by atoms with van der Waals surface area (Å²) in [6.45, 7) is 2.43. The Morgan fingerprint density at radius 3 is 1.11 bits per heavy atom. The third kappa shape index (κ3) is 33.8. The van der Waals surface area contributed by atoms with E-state index < -0.39 is 10.1 Å². The van der Waals surface area contributed by atoms with Gasteiger partial charge in [0.2, 0.25) is 0 Å². The van der Waals surface area contributed by atoms with Crippen molar-refractivity contribution in [1.29, 1.82) is 0 Å². The summed E-state index contributed by atoms with van der Waals surface area (Å²) in [4.78, 5) is 0. The van der Waals surface area contributed by atoms with E-state index in [9.17, 15) is 12.8 Å². The van der Waals surface area contributed by atoms with Crippen LogP contribution < -0.4 is 6.15 Å². The van der Waals surface area contributed by atoms with Crippen LogP contribution in [0.2, 0.25) is 0 Å². The molecule has 0 bridgehead atoms. The topological polar surface area (TPSA) is 78.4 Å². The lowest BCUT2D eigenvalue weighted by molar-refractivity contribution is 0.305. The highest BCUT2D eigenvalue weighted by atomic mass is 32.2. The summed E-state index contributed by atoms with van der Waals surface area (Å²) in [5.41, 5.74) is 0. The van der Waals surface area contributed by atoms with Crippen LogP contribution in [-0.2, 0) is 14.3 Å². The minimum atomic E-state index is -3.35. The van der Waals surface area contributed by atoms with Crippen molar-refractivity contribution in [3.05, 3.63) is 0 Å². The summed E-state index contributed by atoms with van der Waals surface area (Å²) in [6.07, 6.45) is 33.0. The van der Waals surface area contributed by atoms with Crippen LogP contribution in [0.1, 0.15) is 180 Å². The largest absolute Gasteiger partial charge is 0.344 e. The maximum atomic E-state index is 12.0. The van der Waals surface area contributed by atoms with Crippen LogP contribution in [-0.4, -0.2) is 27.5 Å². The zero-order valence-corrected chi connectivity index (χ0v) is 25.7. The maximum Gasteiger partial charge on any atom is 0.267 e. The second-order valence-electron chi connectivity index (χ2n) is 11.0. The third-order valence-corrected chi connectivity index (χ3v) is 8.60. The Bertz CT molecular complexity index is 517. The number of unbranched alkanes of at least 4 members (excludes halogenated alkanes) is 25. The van der Waals surface area contributed by atoms with Crippen molar-refractivity contribution in [2.45, 2.75) is 180 Å². The van der Waals surface area contributed by atoms with Gasteiger partial charge in [0.1, 0.15) is 0 Å². The van der Waals surface area contributed by atoms with E-state index in [1.54, 1.807) is 0 Å². The summed E-state index contributed by atoms with van der Waals surface area (Å²) < 4.78 is 41.2. The van der Waals surface area contributed by atoms with Crippen LogP contribution in [0.3, 0.4) is 0 Å². The van der Waals surface area contributed by atoms with E-state index in [1.807, 2.05) is 0 Å². The van der Waals surface area contributed by atoms with Crippen molar-refractivity contribution in [2.24, 2.45) is 0 Å². The Balaban J connectivity index is 0. The Hall–Kier alpha value is -0.200. The Kier molecular flexibility index (Phi) is 33.7. The fourth-order valence-electron chi connectivity index (χ4n) is 4.86. The van der Waals surface area contributed by atoms with Gasteiger partial charge in [-0.3, -0.25) is 8.57 Å². The number of rotatable bonds is 31. The molecule has 0 aliphatic heterocycles. The molecule has 0 aromatic carbocycles. The van der Waals surface area contributed by atoms with Crippen molar-refractivity contribution in [1.82, 2.24) is 6.15 Å². The van der Waals surface area contributed by atoms with Crippen molar-refractivity contribution >= 4 is 10.1 Å². The predicted octanol–water partition coefficient (Wildman–Crippen LogP) is 11.0. The molecule has 0 spiro atoms. The molecule has 37 heavy (non-hydrogen) atoms. The molecule has 0 aromatic rings. The van der Waals surface area contributed by atoms with E-state index in [-0.39, 0.29) is 18.6 Å². The molecule has 3 N–H and O–H groups in total. The number of halogens is 1. The minimum absolute atomic E-state index is 0. The molecule has 0 unspecified atom stereocenters. The van der Waals surface area contributed by atoms with Gasteiger partial charge in [0.25, 0.3) is 10.1 Å². The summed E-state index contributed by atoms with van der Waals surface area (Å²) in [6, 6.07) is 0. The molecule has 0 radical (unpaired) electrons. The van der Waals surface area contributed by atoms with Crippen molar-refractivity contribution in [2.75, 3.05) is 19.0 Å². The van der Waals surface area contributed by atoms with Gasteiger partial charge in [-0.05, 0) is 19.3 Å². The van der Waals surface area contributed by atoms with Gasteiger partial charge in [0.15, 0.2) is 0 Å². The number of alkyl halides is 1. The van der Waals surface area contributed by atoms with Gasteiger partial charge < -0.3 is 6.15 Å². The minimum Gasteiger partial charge on any atom is -0.344 e. The molecule has 0 heterocycles. The standard InChI is InChI=1S/C31H63FO3S.H3N/c1-2-3-4-5-6-7-8-9-10-11-12-13-14-15-18-21-24-27-30-35-36(33,34)31-28-25-22-19-16-17-20-23-26-29-32;/h2-31H2,1H3;1H3.